The molecule has 5 heteroatoms. The van der Waals surface area contributed by atoms with Crippen LogP contribution >= 0.6 is 11.6 Å². The number of benzene rings is 2. The predicted molar refractivity (Wildman–Crippen MR) is 89.4 cm³/mol. The molecule has 0 radical (unpaired) electrons. The van der Waals surface area contributed by atoms with Gasteiger partial charge in [0.2, 0.25) is 0 Å². The summed E-state index contributed by atoms with van der Waals surface area (Å²) in [6.07, 6.45) is 1.48. The lowest BCUT2D eigenvalue weighted by molar-refractivity contribution is 0.0995. The van der Waals surface area contributed by atoms with Crippen molar-refractivity contribution in [3.8, 4) is 11.5 Å². The van der Waals surface area contributed by atoms with E-state index in [1.807, 2.05) is 31.2 Å². The molecule has 0 fully saturated rings. The van der Waals surface area contributed by atoms with Crippen LogP contribution < -0.4 is 10.1 Å². The molecular formula is C18H14ClNO3. The van der Waals surface area contributed by atoms with Crippen LogP contribution in [0.2, 0.25) is 5.02 Å². The number of ether oxygens (including phenoxy) is 1. The summed E-state index contributed by atoms with van der Waals surface area (Å²) in [7, 11) is 0. The molecule has 4 nitrogen and oxygen atoms in total. The quantitative estimate of drug-likeness (QED) is 0.708. The van der Waals surface area contributed by atoms with E-state index in [1.54, 1.807) is 30.3 Å². The third-order valence-electron chi connectivity index (χ3n) is 3.26. The number of amides is 1. The summed E-state index contributed by atoms with van der Waals surface area (Å²) in [5.74, 6) is 0.962. The van der Waals surface area contributed by atoms with Gasteiger partial charge in [-0.1, -0.05) is 35.9 Å². The van der Waals surface area contributed by atoms with E-state index < -0.39 is 0 Å². The van der Waals surface area contributed by atoms with Crippen molar-refractivity contribution in [3.63, 3.8) is 0 Å². The summed E-state index contributed by atoms with van der Waals surface area (Å²) in [5.41, 5.74) is 1.31. The number of anilines is 1. The Kier molecular flexibility index (Phi) is 4.35. The molecule has 0 aliphatic carbocycles. The Bertz CT molecular complexity index is 842. The first kappa shape index (κ1) is 15.2. The molecule has 3 aromatic rings. The summed E-state index contributed by atoms with van der Waals surface area (Å²) in [6.45, 7) is 1.81. The molecule has 1 amide bonds. The van der Waals surface area contributed by atoms with Crippen molar-refractivity contribution < 1.29 is 13.9 Å². The van der Waals surface area contributed by atoms with E-state index in [2.05, 4.69) is 5.32 Å². The van der Waals surface area contributed by atoms with Crippen molar-refractivity contribution in [2.75, 3.05) is 5.32 Å². The van der Waals surface area contributed by atoms with Gasteiger partial charge >= 0.3 is 0 Å². The standard InChI is InChI=1S/C18H14ClNO3/c1-12-10-11-22-17(12)18(21)20-14-7-3-5-9-16(14)23-15-8-4-2-6-13(15)19/h2-11H,1H3,(H,20,21). The van der Waals surface area contributed by atoms with Crippen molar-refractivity contribution in [2.45, 2.75) is 6.92 Å². The third-order valence-corrected chi connectivity index (χ3v) is 3.57. The van der Waals surface area contributed by atoms with Crippen LogP contribution in [0.1, 0.15) is 16.1 Å². The Morgan fingerprint density at radius 1 is 1.04 bits per heavy atom. The fourth-order valence-electron chi connectivity index (χ4n) is 2.09. The summed E-state index contributed by atoms with van der Waals surface area (Å²) in [4.78, 5) is 12.3. The Morgan fingerprint density at radius 3 is 2.43 bits per heavy atom. The number of aryl methyl sites for hydroxylation is 1. The van der Waals surface area contributed by atoms with Crippen LogP contribution in [0, 0.1) is 6.92 Å². The lowest BCUT2D eigenvalue weighted by atomic mass is 10.2. The molecule has 0 bridgehead atoms. The number of rotatable bonds is 4. The first-order valence-corrected chi connectivity index (χ1v) is 7.40. The van der Waals surface area contributed by atoms with Crippen molar-refractivity contribution in [3.05, 3.63) is 77.2 Å². The molecule has 1 N–H and O–H groups in total. The van der Waals surface area contributed by atoms with Crippen LogP contribution in [-0.2, 0) is 0 Å². The molecule has 1 aromatic heterocycles. The van der Waals surface area contributed by atoms with Gasteiger partial charge in [-0.3, -0.25) is 4.79 Å². The minimum absolute atomic E-state index is 0.276. The first-order chi connectivity index (χ1) is 11.1. The monoisotopic (exact) mass is 327 g/mol. The normalized spacial score (nSPS) is 10.3. The topological polar surface area (TPSA) is 51.5 Å². The fourth-order valence-corrected chi connectivity index (χ4v) is 2.26. The van der Waals surface area contributed by atoms with Crippen LogP contribution in [0.5, 0.6) is 11.5 Å². The highest BCUT2D eigenvalue weighted by atomic mass is 35.5. The van der Waals surface area contributed by atoms with E-state index in [-0.39, 0.29) is 11.7 Å². The number of para-hydroxylation sites is 3. The van der Waals surface area contributed by atoms with Gasteiger partial charge in [-0.05, 0) is 37.3 Å². The van der Waals surface area contributed by atoms with E-state index >= 15 is 0 Å². The molecule has 3 rings (SSSR count). The van der Waals surface area contributed by atoms with Gasteiger partial charge in [-0.15, -0.1) is 0 Å². The van der Waals surface area contributed by atoms with Gasteiger partial charge in [-0.2, -0.15) is 0 Å². The Labute approximate surface area is 138 Å². The molecule has 0 saturated heterocycles. The minimum Gasteiger partial charge on any atom is -0.459 e. The fraction of sp³-hybridized carbons (Fsp3) is 0.0556. The summed E-state index contributed by atoms with van der Waals surface area (Å²) >= 11 is 6.11. The summed E-state index contributed by atoms with van der Waals surface area (Å²) in [5, 5.41) is 3.29. The maximum Gasteiger partial charge on any atom is 0.291 e. The molecule has 0 atom stereocenters. The molecule has 0 spiro atoms. The van der Waals surface area contributed by atoms with E-state index in [4.69, 9.17) is 20.8 Å². The smallest absolute Gasteiger partial charge is 0.291 e. The third kappa shape index (κ3) is 3.38. The van der Waals surface area contributed by atoms with Crippen LogP contribution in [0.3, 0.4) is 0 Å². The molecule has 0 saturated carbocycles. The van der Waals surface area contributed by atoms with Gasteiger partial charge in [0.15, 0.2) is 11.5 Å². The highest BCUT2D eigenvalue weighted by molar-refractivity contribution is 6.32. The van der Waals surface area contributed by atoms with Gasteiger partial charge in [0.05, 0.1) is 17.0 Å². The predicted octanol–water partition coefficient (Wildman–Crippen LogP) is 5.29. The maximum absolute atomic E-state index is 12.3. The van der Waals surface area contributed by atoms with Crippen molar-refractivity contribution >= 4 is 23.2 Å². The number of hydrogen-bond donors (Lipinski definition) is 1. The van der Waals surface area contributed by atoms with Gasteiger partial charge in [0.1, 0.15) is 5.75 Å². The van der Waals surface area contributed by atoms with Crippen LogP contribution in [0.4, 0.5) is 5.69 Å². The molecule has 0 unspecified atom stereocenters. The van der Waals surface area contributed by atoms with Gasteiger partial charge in [0.25, 0.3) is 5.91 Å². The number of nitrogens with one attached hydrogen (secondary N) is 1. The van der Waals surface area contributed by atoms with Crippen LogP contribution in [0.25, 0.3) is 0 Å². The summed E-state index contributed by atoms with van der Waals surface area (Å²) in [6, 6.07) is 16.0. The van der Waals surface area contributed by atoms with Gasteiger partial charge in [-0.25, -0.2) is 0 Å². The number of carbonyl (C=O) groups is 1. The Hall–Kier alpha value is -2.72. The number of halogens is 1. The van der Waals surface area contributed by atoms with E-state index in [1.165, 1.54) is 6.26 Å². The van der Waals surface area contributed by atoms with Gasteiger partial charge in [0, 0.05) is 5.56 Å². The highest BCUT2D eigenvalue weighted by Gasteiger charge is 2.15. The number of carbonyl (C=O) groups excluding carboxylic acids is 1. The van der Waals surface area contributed by atoms with E-state index in [0.29, 0.717) is 22.2 Å². The molecule has 0 aliphatic heterocycles. The van der Waals surface area contributed by atoms with Crippen LogP contribution in [0.15, 0.2) is 65.3 Å². The largest absolute Gasteiger partial charge is 0.459 e. The lowest BCUT2D eigenvalue weighted by Gasteiger charge is -2.12. The van der Waals surface area contributed by atoms with E-state index in [0.717, 1.165) is 5.56 Å². The molecule has 116 valence electrons. The molecule has 2 aromatic carbocycles. The average molecular weight is 328 g/mol. The molecule has 1 heterocycles. The van der Waals surface area contributed by atoms with Crippen LogP contribution in [-0.4, -0.2) is 5.91 Å². The maximum atomic E-state index is 12.3. The second-order valence-electron chi connectivity index (χ2n) is 4.92. The zero-order valence-electron chi connectivity index (χ0n) is 12.4. The Morgan fingerprint density at radius 2 is 1.74 bits per heavy atom. The summed E-state index contributed by atoms with van der Waals surface area (Å²) < 4.78 is 11.0. The van der Waals surface area contributed by atoms with E-state index in [9.17, 15) is 4.79 Å². The van der Waals surface area contributed by atoms with Crippen molar-refractivity contribution in [1.29, 1.82) is 0 Å². The molecule has 0 aliphatic rings. The average Bonchev–Trinajstić information content (AvgIpc) is 2.97. The number of hydrogen-bond acceptors (Lipinski definition) is 3. The highest BCUT2D eigenvalue weighted by Crippen LogP contribution is 2.33. The zero-order valence-corrected chi connectivity index (χ0v) is 13.1. The van der Waals surface area contributed by atoms with Crippen molar-refractivity contribution in [2.24, 2.45) is 0 Å². The Balaban J connectivity index is 1.85. The molecular weight excluding hydrogens is 314 g/mol. The first-order valence-electron chi connectivity index (χ1n) is 7.02. The second kappa shape index (κ2) is 6.58. The zero-order chi connectivity index (χ0) is 16.2. The SMILES string of the molecule is Cc1ccoc1C(=O)Nc1ccccc1Oc1ccccc1Cl. The number of furan rings is 1. The lowest BCUT2D eigenvalue weighted by Crippen LogP contribution is -2.12. The second-order valence-corrected chi connectivity index (χ2v) is 5.32. The van der Waals surface area contributed by atoms with Crippen molar-refractivity contribution in [1.82, 2.24) is 0 Å². The minimum atomic E-state index is -0.331. The van der Waals surface area contributed by atoms with Gasteiger partial charge < -0.3 is 14.5 Å². The molecule has 23 heavy (non-hydrogen) atoms.